The van der Waals surface area contributed by atoms with Crippen molar-refractivity contribution in [1.29, 1.82) is 0 Å². The Balaban J connectivity index is 2.51. The van der Waals surface area contributed by atoms with Crippen molar-refractivity contribution >= 4 is 11.8 Å². The van der Waals surface area contributed by atoms with Crippen LogP contribution < -0.4 is 16.8 Å². The lowest BCUT2D eigenvalue weighted by atomic mass is 10.1. The van der Waals surface area contributed by atoms with E-state index in [1.54, 1.807) is 0 Å². The quantitative estimate of drug-likeness (QED) is 0.479. The first-order valence-electron chi connectivity index (χ1n) is 6.17. The number of ether oxygens (including phenoxy) is 1. The van der Waals surface area contributed by atoms with Crippen molar-refractivity contribution < 1.29 is 18.7 Å². The Labute approximate surface area is 121 Å². The number of benzene rings is 1. The van der Waals surface area contributed by atoms with Gasteiger partial charge in [-0.3, -0.25) is 9.59 Å². The molecular weight excluding hydrogens is 277 g/mol. The summed E-state index contributed by atoms with van der Waals surface area (Å²) in [6.45, 7) is 0.242. The van der Waals surface area contributed by atoms with E-state index >= 15 is 0 Å². The molecule has 6 nitrogen and oxygen atoms in total. The summed E-state index contributed by atoms with van der Waals surface area (Å²) >= 11 is 0. The maximum Gasteiger partial charge on any atom is 0.251 e. The number of carbonyl (C=O) groups is 2. The standard InChI is InChI=1S/C14H16FN3O3/c15-12-8-11(4-3-10(12)2-1-5-16)14(20)18-6-7-21-9-13(17)19/h3-4,8H,5-7,9,16H2,(H2,17,19)(H,18,20). The zero-order valence-corrected chi connectivity index (χ0v) is 11.3. The molecule has 21 heavy (non-hydrogen) atoms. The van der Waals surface area contributed by atoms with Crippen molar-refractivity contribution in [3.8, 4) is 11.8 Å². The first-order valence-corrected chi connectivity index (χ1v) is 6.17. The summed E-state index contributed by atoms with van der Waals surface area (Å²) in [6.07, 6.45) is 0. The number of primary amides is 1. The minimum absolute atomic E-state index is 0.132. The van der Waals surface area contributed by atoms with Gasteiger partial charge in [0.25, 0.3) is 5.91 Å². The number of halogens is 1. The molecule has 0 bridgehead atoms. The smallest absolute Gasteiger partial charge is 0.251 e. The van der Waals surface area contributed by atoms with Crippen LogP contribution in [0, 0.1) is 17.7 Å². The molecule has 0 aliphatic heterocycles. The molecule has 7 heteroatoms. The van der Waals surface area contributed by atoms with Crippen LogP contribution in [0.1, 0.15) is 15.9 Å². The summed E-state index contributed by atoms with van der Waals surface area (Å²) < 4.78 is 18.5. The first-order chi connectivity index (χ1) is 10.0. The van der Waals surface area contributed by atoms with Crippen molar-refractivity contribution in [2.75, 3.05) is 26.3 Å². The maximum atomic E-state index is 13.7. The third-order valence-corrected chi connectivity index (χ3v) is 2.33. The van der Waals surface area contributed by atoms with Crippen LogP contribution in [0.25, 0.3) is 0 Å². The number of hydrogen-bond donors (Lipinski definition) is 3. The number of nitrogens with one attached hydrogen (secondary N) is 1. The van der Waals surface area contributed by atoms with E-state index in [9.17, 15) is 14.0 Å². The average Bonchev–Trinajstić information content (AvgIpc) is 2.45. The van der Waals surface area contributed by atoms with E-state index in [1.165, 1.54) is 12.1 Å². The molecule has 0 aliphatic rings. The van der Waals surface area contributed by atoms with Crippen molar-refractivity contribution in [2.45, 2.75) is 0 Å². The molecule has 1 aromatic rings. The summed E-state index contributed by atoms with van der Waals surface area (Å²) in [7, 11) is 0. The molecule has 0 atom stereocenters. The second-order valence-corrected chi connectivity index (χ2v) is 3.98. The van der Waals surface area contributed by atoms with E-state index in [4.69, 9.17) is 16.2 Å². The molecular formula is C14H16FN3O3. The second kappa shape index (κ2) is 8.68. The van der Waals surface area contributed by atoms with Gasteiger partial charge in [-0.2, -0.15) is 0 Å². The van der Waals surface area contributed by atoms with Gasteiger partial charge in [-0.15, -0.1) is 0 Å². The van der Waals surface area contributed by atoms with Crippen LogP contribution >= 0.6 is 0 Å². The maximum absolute atomic E-state index is 13.7. The summed E-state index contributed by atoms with van der Waals surface area (Å²) in [5.74, 6) is 3.47. The Hall–Kier alpha value is -2.43. The van der Waals surface area contributed by atoms with E-state index in [1.807, 2.05) is 0 Å². The minimum Gasteiger partial charge on any atom is -0.370 e. The van der Waals surface area contributed by atoms with E-state index < -0.39 is 17.6 Å². The van der Waals surface area contributed by atoms with E-state index in [2.05, 4.69) is 17.2 Å². The van der Waals surface area contributed by atoms with Gasteiger partial charge in [-0.25, -0.2) is 4.39 Å². The summed E-state index contributed by atoms with van der Waals surface area (Å²) in [5, 5.41) is 2.52. The largest absolute Gasteiger partial charge is 0.370 e. The van der Waals surface area contributed by atoms with Gasteiger partial charge < -0.3 is 21.5 Å². The van der Waals surface area contributed by atoms with Gasteiger partial charge in [0.1, 0.15) is 12.4 Å². The number of nitrogens with two attached hydrogens (primary N) is 2. The van der Waals surface area contributed by atoms with Crippen LogP contribution in [-0.2, 0) is 9.53 Å². The molecule has 0 radical (unpaired) electrons. The van der Waals surface area contributed by atoms with Crippen LogP contribution in [-0.4, -0.2) is 38.1 Å². The Bertz CT molecular complexity index is 579. The fourth-order valence-electron chi connectivity index (χ4n) is 1.42. The van der Waals surface area contributed by atoms with Crippen molar-refractivity contribution in [3.63, 3.8) is 0 Å². The van der Waals surface area contributed by atoms with Gasteiger partial charge in [0.05, 0.1) is 18.7 Å². The topological polar surface area (TPSA) is 107 Å². The number of hydrogen-bond acceptors (Lipinski definition) is 4. The molecule has 2 amide bonds. The number of carbonyl (C=O) groups excluding carboxylic acids is 2. The van der Waals surface area contributed by atoms with Gasteiger partial charge in [0.15, 0.2) is 0 Å². The molecule has 0 spiro atoms. The molecule has 0 saturated carbocycles. The number of rotatable bonds is 6. The molecule has 0 fully saturated rings. The molecule has 1 rings (SSSR count). The third kappa shape index (κ3) is 6.03. The van der Waals surface area contributed by atoms with Crippen molar-refractivity contribution in [2.24, 2.45) is 11.5 Å². The molecule has 0 aliphatic carbocycles. The highest BCUT2D eigenvalue weighted by molar-refractivity contribution is 5.94. The van der Waals surface area contributed by atoms with Crippen molar-refractivity contribution in [1.82, 2.24) is 5.32 Å². The predicted octanol–water partition coefficient (Wildman–Crippen LogP) is -0.632. The molecule has 112 valence electrons. The molecule has 0 saturated heterocycles. The lowest BCUT2D eigenvalue weighted by molar-refractivity contribution is -0.122. The first kappa shape index (κ1) is 16.6. The minimum atomic E-state index is -0.589. The normalized spacial score (nSPS) is 9.62. The van der Waals surface area contributed by atoms with Crippen LogP contribution in [0.15, 0.2) is 18.2 Å². The van der Waals surface area contributed by atoms with Crippen LogP contribution in [0.4, 0.5) is 4.39 Å². The van der Waals surface area contributed by atoms with Crippen LogP contribution in [0.2, 0.25) is 0 Å². The van der Waals surface area contributed by atoms with Gasteiger partial charge in [-0.1, -0.05) is 11.8 Å². The molecule has 0 heterocycles. The Morgan fingerprint density at radius 2 is 2.14 bits per heavy atom. The molecule has 0 aromatic heterocycles. The zero-order valence-electron chi connectivity index (χ0n) is 11.3. The van der Waals surface area contributed by atoms with Crippen LogP contribution in [0.3, 0.4) is 0 Å². The second-order valence-electron chi connectivity index (χ2n) is 3.98. The van der Waals surface area contributed by atoms with Crippen molar-refractivity contribution in [3.05, 3.63) is 35.1 Å². The summed E-state index contributed by atoms with van der Waals surface area (Å²) in [5.41, 5.74) is 10.4. The average molecular weight is 293 g/mol. The summed E-state index contributed by atoms with van der Waals surface area (Å²) in [4.78, 5) is 22.1. The highest BCUT2D eigenvalue weighted by Gasteiger charge is 2.08. The lowest BCUT2D eigenvalue weighted by Crippen LogP contribution is -2.28. The zero-order chi connectivity index (χ0) is 15.7. The van der Waals surface area contributed by atoms with E-state index in [0.29, 0.717) is 0 Å². The summed E-state index contributed by atoms with van der Waals surface area (Å²) in [6, 6.07) is 3.97. The molecule has 5 N–H and O–H groups in total. The highest BCUT2D eigenvalue weighted by Crippen LogP contribution is 2.09. The fraction of sp³-hybridized carbons (Fsp3) is 0.286. The lowest BCUT2D eigenvalue weighted by Gasteiger charge is -2.06. The Morgan fingerprint density at radius 1 is 1.38 bits per heavy atom. The Kier molecular flexibility index (Phi) is 6.87. The van der Waals surface area contributed by atoms with Crippen LogP contribution in [0.5, 0.6) is 0 Å². The van der Waals surface area contributed by atoms with Gasteiger partial charge in [-0.05, 0) is 18.2 Å². The van der Waals surface area contributed by atoms with E-state index in [0.717, 1.165) is 6.07 Å². The third-order valence-electron chi connectivity index (χ3n) is 2.33. The Morgan fingerprint density at radius 3 is 2.76 bits per heavy atom. The van der Waals surface area contributed by atoms with E-state index in [-0.39, 0.29) is 37.4 Å². The highest BCUT2D eigenvalue weighted by atomic mass is 19.1. The molecule has 0 unspecified atom stereocenters. The van der Waals surface area contributed by atoms with Gasteiger partial charge in [0, 0.05) is 12.1 Å². The fourth-order valence-corrected chi connectivity index (χ4v) is 1.42. The SMILES string of the molecule is NCC#Cc1ccc(C(=O)NCCOCC(N)=O)cc1F. The number of amides is 2. The predicted molar refractivity (Wildman–Crippen MR) is 74.7 cm³/mol. The molecule has 1 aromatic carbocycles. The monoisotopic (exact) mass is 293 g/mol. The van der Waals surface area contributed by atoms with Gasteiger partial charge in [0.2, 0.25) is 5.91 Å². The van der Waals surface area contributed by atoms with Gasteiger partial charge >= 0.3 is 0 Å².